The van der Waals surface area contributed by atoms with E-state index in [0.29, 0.717) is 26.3 Å². The molecule has 1 fully saturated rings. The van der Waals surface area contributed by atoms with Gasteiger partial charge in [0.25, 0.3) is 0 Å². The van der Waals surface area contributed by atoms with Gasteiger partial charge >= 0.3 is 0 Å². The smallest absolute Gasteiger partial charge is 0.248 e. The number of hydrogen-bond donors (Lipinski definition) is 0. The molecule has 20 heavy (non-hydrogen) atoms. The number of nitrogens with zero attached hydrogens (tertiary/aromatic N) is 3. The molecule has 0 N–H and O–H groups in total. The van der Waals surface area contributed by atoms with E-state index < -0.39 is 0 Å². The number of hydrogen-bond acceptors (Lipinski definition) is 5. The number of ether oxygens (including phenoxy) is 2. The lowest BCUT2D eigenvalue weighted by molar-refractivity contribution is -0.138. The van der Waals surface area contributed by atoms with E-state index in [9.17, 15) is 4.79 Å². The summed E-state index contributed by atoms with van der Waals surface area (Å²) in [6.45, 7) is 6.02. The van der Waals surface area contributed by atoms with Gasteiger partial charge in [-0.2, -0.15) is 5.26 Å². The fraction of sp³-hybridized carbons (Fsp3) is 0.857. The molecule has 0 aromatic heterocycles. The Balaban J connectivity index is 2.27. The van der Waals surface area contributed by atoms with Crippen molar-refractivity contribution in [1.82, 2.24) is 9.80 Å². The Morgan fingerprint density at radius 1 is 1.30 bits per heavy atom. The molecule has 1 heterocycles. The Morgan fingerprint density at radius 2 is 2.00 bits per heavy atom. The van der Waals surface area contributed by atoms with E-state index in [-0.39, 0.29) is 18.6 Å². The predicted octanol–water partition coefficient (Wildman–Crippen LogP) is 0.486. The molecule has 114 valence electrons. The topological polar surface area (TPSA) is 65.8 Å². The molecule has 0 bridgehead atoms. The molecule has 1 saturated heterocycles. The molecular weight excluding hydrogens is 258 g/mol. The highest BCUT2D eigenvalue weighted by molar-refractivity contribution is 5.77. The molecule has 1 aliphatic heterocycles. The van der Waals surface area contributed by atoms with Crippen LogP contribution in [0.3, 0.4) is 0 Å². The van der Waals surface area contributed by atoms with Crippen LogP contribution in [0, 0.1) is 11.3 Å². The molecule has 0 aromatic carbocycles. The van der Waals surface area contributed by atoms with Crippen LogP contribution in [-0.2, 0) is 14.3 Å². The lowest BCUT2D eigenvalue weighted by Gasteiger charge is -2.36. The number of carbonyl (C=O) groups is 1. The molecule has 0 saturated carbocycles. The maximum atomic E-state index is 11.9. The maximum absolute atomic E-state index is 11.9. The molecule has 1 atom stereocenters. The number of rotatable bonds is 8. The summed E-state index contributed by atoms with van der Waals surface area (Å²) >= 11 is 0. The lowest BCUT2D eigenvalue weighted by atomic mass is 10.1. The van der Waals surface area contributed by atoms with Gasteiger partial charge in [0.2, 0.25) is 5.91 Å². The first-order valence-electron chi connectivity index (χ1n) is 7.21. The second-order valence-corrected chi connectivity index (χ2v) is 4.90. The third-order valence-electron chi connectivity index (χ3n) is 3.48. The summed E-state index contributed by atoms with van der Waals surface area (Å²) in [5.74, 6) is 0.0183. The van der Waals surface area contributed by atoms with Crippen LogP contribution in [0.25, 0.3) is 0 Å². The van der Waals surface area contributed by atoms with Crippen molar-refractivity contribution in [3.63, 3.8) is 0 Å². The second-order valence-electron chi connectivity index (χ2n) is 4.90. The molecule has 0 aromatic rings. The van der Waals surface area contributed by atoms with E-state index >= 15 is 0 Å². The first kappa shape index (κ1) is 16.9. The van der Waals surface area contributed by atoms with Crippen molar-refractivity contribution in [1.29, 1.82) is 5.26 Å². The van der Waals surface area contributed by atoms with Crippen LogP contribution in [-0.4, -0.2) is 74.9 Å². The van der Waals surface area contributed by atoms with E-state index in [1.54, 1.807) is 7.11 Å². The van der Waals surface area contributed by atoms with Crippen LogP contribution in [0.1, 0.15) is 19.8 Å². The second kappa shape index (κ2) is 9.70. The van der Waals surface area contributed by atoms with Gasteiger partial charge in [0, 0.05) is 33.3 Å². The van der Waals surface area contributed by atoms with Crippen molar-refractivity contribution in [2.75, 3.05) is 53.1 Å². The number of nitriles is 1. The molecule has 1 rings (SSSR count). The van der Waals surface area contributed by atoms with Gasteiger partial charge < -0.3 is 14.4 Å². The van der Waals surface area contributed by atoms with Gasteiger partial charge in [0.05, 0.1) is 25.3 Å². The quantitative estimate of drug-likeness (QED) is 0.606. The van der Waals surface area contributed by atoms with Crippen LogP contribution >= 0.6 is 0 Å². The van der Waals surface area contributed by atoms with Gasteiger partial charge in [-0.05, 0) is 6.42 Å². The van der Waals surface area contributed by atoms with Gasteiger partial charge in [-0.15, -0.1) is 0 Å². The zero-order valence-corrected chi connectivity index (χ0v) is 12.5. The molecule has 6 nitrogen and oxygen atoms in total. The number of piperazine rings is 1. The normalized spacial score (nSPS) is 17.8. The van der Waals surface area contributed by atoms with Crippen molar-refractivity contribution in [2.24, 2.45) is 0 Å². The van der Waals surface area contributed by atoms with E-state index in [1.165, 1.54) is 0 Å². The molecule has 0 spiro atoms. The zero-order valence-electron chi connectivity index (χ0n) is 12.5. The third-order valence-corrected chi connectivity index (χ3v) is 3.48. The maximum Gasteiger partial charge on any atom is 0.248 e. The summed E-state index contributed by atoms with van der Waals surface area (Å²) < 4.78 is 10.1. The fourth-order valence-corrected chi connectivity index (χ4v) is 2.28. The van der Waals surface area contributed by atoms with Gasteiger partial charge in [-0.3, -0.25) is 9.69 Å². The monoisotopic (exact) mass is 283 g/mol. The third kappa shape index (κ3) is 5.45. The Labute approximate surface area is 121 Å². The minimum absolute atomic E-state index is 0.0183. The van der Waals surface area contributed by atoms with E-state index in [4.69, 9.17) is 14.7 Å². The summed E-state index contributed by atoms with van der Waals surface area (Å²) in [6, 6.07) is 2.33. The zero-order chi connectivity index (χ0) is 14.8. The van der Waals surface area contributed by atoms with Crippen molar-refractivity contribution in [2.45, 2.75) is 25.8 Å². The van der Waals surface area contributed by atoms with Crippen LogP contribution in [0.5, 0.6) is 0 Å². The summed E-state index contributed by atoms with van der Waals surface area (Å²) in [5.41, 5.74) is 0. The molecule has 0 aliphatic carbocycles. The van der Waals surface area contributed by atoms with Crippen molar-refractivity contribution in [3.05, 3.63) is 0 Å². The molecule has 6 heteroatoms. The summed E-state index contributed by atoms with van der Waals surface area (Å²) in [4.78, 5) is 15.9. The average Bonchev–Trinajstić information content (AvgIpc) is 2.49. The lowest BCUT2D eigenvalue weighted by Crippen LogP contribution is -2.52. The van der Waals surface area contributed by atoms with E-state index in [0.717, 1.165) is 25.9 Å². The standard InChI is InChI=1S/C14H25N3O3/c1-3-4-13(11-15)16-5-7-17(8-6-16)14(18)12-20-10-9-19-2/h13H,3-10,12H2,1-2H3. The van der Waals surface area contributed by atoms with Crippen molar-refractivity contribution >= 4 is 5.91 Å². The van der Waals surface area contributed by atoms with Crippen LogP contribution in [0.2, 0.25) is 0 Å². The minimum atomic E-state index is -0.0183. The van der Waals surface area contributed by atoms with Crippen molar-refractivity contribution in [3.8, 4) is 6.07 Å². The van der Waals surface area contributed by atoms with E-state index in [1.807, 2.05) is 4.90 Å². The molecular formula is C14H25N3O3. The van der Waals surface area contributed by atoms with Crippen molar-refractivity contribution < 1.29 is 14.3 Å². The number of amides is 1. The number of carbonyl (C=O) groups excluding carboxylic acids is 1. The molecule has 1 unspecified atom stereocenters. The fourth-order valence-electron chi connectivity index (χ4n) is 2.28. The highest BCUT2D eigenvalue weighted by Gasteiger charge is 2.25. The highest BCUT2D eigenvalue weighted by atomic mass is 16.5. The minimum Gasteiger partial charge on any atom is -0.382 e. The number of methoxy groups -OCH3 is 1. The average molecular weight is 283 g/mol. The summed E-state index contributed by atoms with van der Waals surface area (Å²) in [7, 11) is 1.60. The highest BCUT2D eigenvalue weighted by Crippen LogP contribution is 2.10. The Hall–Kier alpha value is -1.16. The van der Waals surface area contributed by atoms with Crippen LogP contribution in [0.15, 0.2) is 0 Å². The van der Waals surface area contributed by atoms with E-state index in [2.05, 4.69) is 17.9 Å². The van der Waals surface area contributed by atoms with Gasteiger partial charge in [-0.1, -0.05) is 13.3 Å². The Kier molecular flexibility index (Phi) is 8.19. The first-order valence-corrected chi connectivity index (χ1v) is 7.21. The largest absolute Gasteiger partial charge is 0.382 e. The van der Waals surface area contributed by atoms with Gasteiger partial charge in [0.15, 0.2) is 0 Å². The van der Waals surface area contributed by atoms with Crippen LogP contribution in [0.4, 0.5) is 0 Å². The summed E-state index contributed by atoms with van der Waals surface area (Å²) in [5, 5.41) is 9.15. The van der Waals surface area contributed by atoms with Gasteiger partial charge in [0.1, 0.15) is 6.61 Å². The molecule has 1 aliphatic rings. The first-order chi connectivity index (χ1) is 9.72. The Bertz CT molecular complexity index is 322. The molecule has 1 amide bonds. The SMILES string of the molecule is CCCC(C#N)N1CCN(C(=O)COCCOC)CC1. The van der Waals surface area contributed by atoms with Gasteiger partial charge in [-0.25, -0.2) is 0 Å². The Morgan fingerprint density at radius 3 is 2.55 bits per heavy atom. The molecule has 0 radical (unpaired) electrons. The predicted molar refractivity (Wildman–Crippen MR) is 75.2 cm³/mol. The summed E-state index contributed by atoms with van der Waals surface area (Å²) in [6.07, 6.45) is 1.90. The van der Waals surface area contributed by atoms with Crippen LogP contribution < -0.4 is 0 Å².